The number of nitrogens with zero attached hydrogens (tertiary/aromatic N) is 5. The number of alkyl halides is 6. The molecule has 0 radical (unpaired) electrons. The van der Waals surface area contributed by atoms with Gasteiger partial charge in [-0.15, -0.1) is 5.10 Å². The predicted octanol–water partition coefficient (Wildman–Crippen LogP) is 2.12. The van der Waals surface area contributed by atoms with Gasteiger partial charge in [0.25, 0.3) is 11.7 Å². The molecule has 1 unspecified atom stereocenters. The van der Waals surface area contributed by atoms with Crippen LogP contribution in [0.4, 0.5) is 32.2 Å². The largest absolute Gasteiger partial charge is 0.416 e. The molecule has 0 aliphatic heterocycles. The molecule has 168 valence electrons. The van der Waals surface area contributed by atoms with Crippen LogP contribution in [0.1, 0.15) is 11.1 Å². The Morgan fingerprint density at radius 3 is 2.25 bits per heavy atom. The highest BCUT2D eigenvalue weighted by atomic mass is 19.4. The minimum atomic E-state index is -4.99. The fourth-order valence-corrected chi connectivity index (χ4v) is 2.49. The van der Waals surface area contributed by atoms with Gasteiger partial charge in [-0.05, 0) is 18.2 Å². The van der Waals surface area contributed by atoms with Crippen molar-refractivity contribution in [1.29, 1.82) is 0 Å². The second-order valence-corrected chi connectivity index (χ2v) is 6.36. The molecule has 0 bridgehead atoms. The first-order valence-corrected chi connectivity index (χ1v) is 8.73. The molecule has 2 heterocycles. The number of nitrogens with one attached hydrogen (secondary N) is 2. The summed E-state index contributed by atoms with van der Waals surface area (Å²) in [6.07, 6.45) is -2.43. The van der Waals surface area contributed by atoms with Gasteiger partial charge in [-0.3, -0.25) is 9.78 Å². The van der Waals surface area contributed by atoms with Crippen molar-refractivity contribution >= 4 is 17.9 Å². The fraction of sp³-hybridized carbons (Fsp3) is 0.167. The Balaban J connectivity index is 1.79. The van der Waals surface area contributed by atoms with E-state index in [4.69, 9.17) is 0 Å². The Labute approximate surface area is 176 Å². The highest BCUT2D eigenvalue weighted by Crippen LogP contribution is 2.37. The summed E-state index contributed by atoms with van der Waals surface area (Å²) in [5, 5.41) is 4.22. The number of benzene rings is 1. The molecule has 0 aliphatic rings. The van der Waals surface area contributed by atoms with Gasteiger partial charge in [0.1, 0.15) is 12.5 Å². The number of carbonyl (C=O) groups excluding carboxylic acids is 1. The van der Waals surface area contributed by atoms with Gasteiger partial charge < -0.3 is 0 Å². The van der Waals surface area contributed by atoms with Gasteiger partial charge in [-0.1, -0.05) is 0 Å². The van der Waals surface area contributed by atoms with Crippen molar-refractivity contribution in [2.75, 3.05) is 7.05 Å². The van der Waals surface area contributed by atoms with Crippen LogP contribution < -0.4 is 10.4 Å². The average molecular weight is 458 g/mol. The zero-order valence-corrected chi connectivity index (χ0v) is 16.1. The third-order valence-electron chi connectivity index (χ3n) is 3.99. The van der Waals surface area contributed by atoms with Crippen molar-refractivity contribution in [2.24, 2.45) is 0 Å². The molecular weight excluding hydrogens is 444 g/mol. The number of aromatic nitrogens is 5. The van der Waals surface area contributed by atoms with Gasteiger partial charge in [-0.25, -0.2) is 9.67 Å². The van der Waals surface area contributed by atoms with Gasteiger partial charge >= 0.3 is 12.4 Å². The molecule has 0 spiro atoms. The number of carbonyl (C=O) groups is 1. The zero-order valence-electron chi connectivity index (χ0n) is 16.1. The third kappa shape index (κ3) is 5.66. The molecule has 2 N–H and O–H groups in total. The van der Waals surface area contributed by atoms with E-state index in [0.29, 0.717) is 23.0 Å². The first-order chi connectivity index (χ1) is 14.9. The summed E-state index contributed by atoms with van der Waals surface area (Å²) in [5.41, 5.74) is -0.912. The molecule has 14 heteroatoms. The average Bonchev–Trinajstić information content (AvgIpc) is 3.20. The summed E-state index contributed by atoms with van der Waals surface area (Å²) in [5.74, 6) is -0.528. The second kappa shape index (κ2) is 8.74. The van der Waals surface area contributed by atoms with Crippen LogP contribution in [0.3, 0.4) is 0 Å². The van der Waals surface area contributed by atoms with E-state index < -0.39 is 35.0 Å². The Hall–Kier alpha value is -3.81. The van der Waals surface area contributed by atoms with Gasteiger partial charge in [-0.2, -0.15) is 41.8 Å². The quantitative estimate of drug-likeness (QED) is 0.347. The van der Waals surface area contributed by atoms with Gasteiger partial charge in [0, 0.05) is 24.0 Å². The Bertz CT molecular complexity index is 1090. The SMILES string of the molecule is C[NH+](NC(=O)C=Cn1cnc(-c2cc(C(F)(F)F)cc(C(F)(F)F)c2)n1)c1cnccn1. The smallest absolute Gasteiger partial charge is 0.265 e. The van der Waals surface area contributed by atoms with Gasteiger partial charge in [0.15, 0.2) is 5.82 Å². The van der Waals surface area contributed by atoms with Crippen molar-refractivity contribution in [3.05, 3.63) is 60.3 Å². The number of hydrogen-bond donors (Lipinski definition) is 2. The summed E-state index contributed by atoms with van der Waals surface area (Å²) >= 11 is 0. The highest BCUT2D eigenvalue weighted by Gasteiger charge is 2.37. The summed E-state index contributed by atoms with van der Waals surface area (Å²) in [6.45, 7) is 0. The predicted molar refractivity (Wildman–Crippen MR) is 97.5 cm³/mol. The highest BCUT2D eigenvalue weighted by molar-refractivity contribution is 5.89. The van der Waals surface area contributed by atoms with Crippen molar-refractivity contribution in [2.45, 2.75) is 12.4 Å². The summed E-state index contributed by atoms with van der Waals surface area (Å²) in [7, 11) is 1.59. The van der Waals surface area contributed by atoms with Gasteiger partial charge in [0.2, 0.25) is 0 Å². The van der Waals surface area contributed by atoms with Crippen molar-refractivity contribution in [3.8, 4) is 11.4 Å². The lowest BCUT2D eigenvalue weighted by Gasteiger charge is -2.13. The molecule has 0 aliphatic carbocycles. The molecule has 3 aromatic rings. The number of quaternary nitrogens is 1. The number of rotatable bonds is 5. The van der Waals surface area contributed by atoms with Crippen LogP contribution in [0.15, 0.2) is 49.2 Å². The molecule has 1 aromatic carbocycles. The van der Waals surface area contributed by atoms with Crippen LogP contribution >= 0.6 is 0 Å². The molecular formula is C18H14F6N7O+. The van der Waals surface area contributed by atoms with E-state index in [1.807, 2.05) is 0 Å². The van der Waals surface area contributed by atoms with E-state index in [1.165, 1.54) is 18.6 Å². The molecule has 1 amide bonds. The molecule has 0 saturated heterocycles. The minimum Gasteiger partial charge on any atom is -0.265 e. The lowest BCUT2D eigenvalue weighted by molar-refractivity contribution is -0.852. The summed E-state index contributed by atoms with van der Waals surface area (Å²) in [4.78, 5) is 23.6. The normalized spacial score (nSPS) is 13.3. The van der Waals surface area contributed by atoms with Gasteiger partial charge in [0.05, 0.1) is 24.4 Å². The van der Waals surface area contributed by atoms with Crippen molar-refractivity contribution < 1.29 is 36.1 Å². The van der Waals surface area contributed by atoms with E-state index >= 15 is 0 Å². The first kappa shape index (κ1) is 22.9. The van der Waals surface area contributed by atoms with Crippen molar-refractivity contribution in [1.82, 2.24) is 30.2 Å². The van der Waals surface area contributed by atoms with Crippen LogP contribution in [0.2, 0.25) is 0 Å². The first-order valence-electron chi connectivity index (χ1n) is 8.73. The molecule has 0 fully saturated rings. The van der Waals surface area contributed by atoms with E-state index in [9.17, 15) is 31.1 Å². The van der Waals surface area contributed by atoms with E-state index in [1.54, 1.807) is 7.05 Å². The van der Waals surface area contributed by atoms with E-state index in [-0.39, 0.29) is 11.9 Å². The maximum atomic E-state index is 13.0. The summed E-state index contributed by atoms with van der Waals surface area (Å²) < 4.78 is 79.1. The molecule has 3 rings (SSSR count). The summed E-state index contributed by atoms with van der Waals surface area (Å²) in [6, 6.07) is 1.05. The second-order valence-electron chi connectivity index (χ2n) is 6.36. The van der Waals surface area contributed by atoms with Crippen LogP contribution in [0.25, 0.3) is 17.6 Å². The zero-order chi connectivity index (χ0) is 23.5. The molecule has 1 atom stereocenters. The van der Waals surface area contributed by atoms with Crippen LogP contribution in [-0.2, 0) is 17.1 Å². The standard InChI is InChI=1S/C18H13F6N7O/c1-30(14-9-25-3-4-26-14)28-15(32)2-5-31-10-27-16(29-31)11-6-12(17(19,20)21)8-13(7-11)18(22,23)24/h2-10H,1H3,(H,28,32)/p+1. The number of amides is 1. The number of halogens is 6. The fourth-order valence-electron chi connectivity index (χ4n) is 2.49. The van der Waals surface area contributed by atoms with Crippen LogP contribution in [0, 0.1) is 0 Å². The van der Waals surface area contributed by atoms with Crippen molar-refractivity contribution in [3.63, 3.8) is 0 Å². The minimum absolute atomic E-state index is 0.0146. The monoisotopic (exact) mass is 458 g/mol. The maximum Gasteiger partial charge on any atom is 0.416 e. The maximum absolute atomic E-state index is 13.0. The molecule has 32 heavy (non-hydrogen) atoms. The van der Waals surface area contributed by atoms with E-state index in [0.717, 1.165) is 23.3 Å². The van der Waals surface area contributed by atoms with E-state index in [2.05, 4.69) is 25.5 Å². The van der Waals surface area contributed by atoms with Crippen LogP contribution in [0.5, 0.6) is 0 Å². The Morgan fingerprint density at radius 2 is 1.69 bits per heavy atom. The third-order valence-corrected chi connectivity index (χ3v) is 3.99. The Kier molecular flexibility index (Phi) is 6.25. The topological polar surface area (TPSA) is 90.0 Å². The molecule has 0 saturated carbocycles. The molecule has 2 aromatic heterocycles. The lowest BCUT2D eigenvalue weighted by Crippen LogP contribution is -3.12. The lowest BCUT2D eigenvalue weighted by atomic mass is 10.0. The molecule has 8 nitrogen and oxygen atoms in total. The number of hydrogen-bond acceptors (Lipinski definition) is 5. The van der Waals surface area contributed by atoms with Crippen LogP contribution in [-0.4, -0.2) is 37.7 Å². The Morgan fingerprint density at radius 1 is 1.03 bits per heavy atom.